The average molecular weight is 240 g/mol. The highest BCUT2D eigenvalue weighted by Gasteiger charge is 2.01. The minimum absolute atomic E-state index is 0.185. The van der Waals surface area contributed by atoms with E-state index in [1.807, 2.05) is 0 Å². The zero-order chi connectivity index (χ0) is 9.42. The molecule has 2 aromatic rings. The number of pyridine rings is 1. The van der Waals surface area contributed by atoms with E-state index in [9.17, 15) is 4.79 Å². The van der Waals surface area contributed by atoms with E-state index in [-0.39, 0.29) is 11.4 Å². The second-order valence-corrected chi connectivity index (χ2v) is 3.37. The van der Waals surface area contributed by atoms with Gasteiger partial charge in [0.15, 0.2) is 0 Å². The van der Waals surface area contributed by atoms with Gasteiger partial charge in [-0.25, -0.2) is 4.98 Å². The Hall–Kier alpha value is -1.36. The second-order valence-electron chi connectivity index (χ2n) is 2.56. The van der Waals surface area contributed by atoms with Gasteiger partial charge in [-0.15, -0.1) is 0 Å². The summed E-state index contributed by atoms with van der Waals surface area (Å²) >= 11 is 3.25. The van der Waals surface area contributed by atoms with Gasteiger partial charge in [-0.2, -0.15) is 0 Å². The Kier molecular flexibility index (Phi) is 1.81. The first-order chi connectivity index (χ1) is 6.18. The molecule has 0 atom stereocenters. The number of nitrogens with two attached hydrogens (primary N) is 1. The van der Waals surface area contributed by atoms with Crippen LogP contribution in [0.1, 0.15) is 0 Å². The normalized spacial score (nSPS) is 10.5. The first-order valence-corrected chi connectivity index (χ1v) is 4.41. The summed E-state index contributed by atoms with van der Waals surface area (Å²) in [5, 5.41) is 0. The van der Waals surface area contributed by atoms with Gasteiger partial charge in [-0.05, 0) is 28.1 Å². The maximum atomic E-state index is 11.4. The third-order valence-corrected chi connectivity index (χ3v) is 2.28. The van der Waals surface area contributed by atoms with Gasteiger partial charge in [0.25, 0.3) is 5.56 Å². The number of fused-ring (bicyclic) bond motifs is 1. The number of anilines is 1. The van der Waals surface area contributed by atoms with Gasteiger partial charge >= 0.3 is 0 Å². The molecule has 0 fully saturated rings. The van der Waals surface area contributed by atoms with Crippen LogP contribution < -0.4 is 11.3 Å². The van der Waals surface area contributed by atoms with Gasteiger partial charge in [0.1, 0.15) is 11.5 Å². The second kappa shape index (κ2) is 2.85. The Bertz CT molecular complexity index is 520. The van der Waals surface area contributed by atoms with Gasteiger partial charge in [-0.1, -0.05) is 6.07 Å². The molecule has 0 amide bonds. The Labute approximate surface area is 82.1 Å². The number of nitrogens with zero attached hydrogens (tertiary/aromatic N) is 2. The van der Waals surface area contributed by atoms with Crippen molar-refractivity contribution < 1.29 is 0 Å². The molecule has 13 heavy (non-hydrogen) atoms. The lowest BCUT2D eigenvalue weighted by atomic mass is 10.4. The number of hydrogen-bond acceptors (Lipinski definition) is 3. The fourth-order valence-corrected chi connectivity index (χ4v) is 1.64. The van der Waals surface area contributed by atoms with Crippen LogP contribution in [0.3, 0.4) is 0 Å². The molecule has 0 aliphatic heterocycles. The van der Waals surface area contributed by atoms with E-state index < -0.39 is 0 Å². The van der Waals surface area contributed by atoms with E-state index in [1.165, 1.54) is 10.5 Å². The van der Waals surface area contributed by atoms with Crippen LogP contribution in [0.2, 0.25) is 0 Å². The fourth-order valence-electron chi connectivity index (χ4n) is 1.13. The minimum Gasteiger partial charge on any atom is -0.383 e. The van der Waals surface area contributed by atoms with E-state index in [4.69, 9.17) is 5.73 Å². The quantitative estimate of drug-likeness (QED) is 0.700. The van der Waals surface area contributed by atoms with Crippen molar-refractivity contribution in [3.05, 3.63) is 39.2 Å². The molecule has 2 heterocycles. The monoisotopic (exact) mass is 239 g/mol. The van der Waals surface area contributed by atoms with Crippen molar-refractivity contribution in [2.45, 2.75) is 0 Å². The molecule has 66 valence electrons. The molecule has 0 spiro atoms. The lowest BCUT2D eigenvalue weighted by Crippen LogP contribution is -2.15. The molecular weight excluding hydrogens is 234 g/mol. The lowest BCUT2D eigenvalue weighted by molar-refractivity contribution is 1.02. The molecule has 0 unspecified atom stereocenters. The van der Waals surface area contributed by atoms with Crippen LogP contribution >= 0.6 is 15.9 Å². The maximum absolute atomic E-state index is 11.4. The lowest BCUT2D eigenvalue weighted by Gasteiger charge is -2.01. The van der Waals surface area contributed by atoms with Crippen LogP contribution in [-0.4, -0.2) is 9.38 Å². The summed E-state index contributed by atoms with van der Waals surface area (Å²) in [6.07, 6.45) is 0. The van der Waals surface area contributed by atoms with Crippen LogP contribution in [0.4, 0.5) is 5.82 Å². The summed E-state index contributed by atoms with van der Waals surface area (Å²) in [6.45, 7) is 0. The molecule has 2 rings (SSSR count). The first kappa shape index (κ1) is 8.25. The van der Waals surface area contributed by atoms with Crippen LogP contribution in [0.15, 0.2) is 33.7 Å². The zero-order valence-electron chi connectivity index (χ0n) is 6.57. The van der Waals surface area contributed by atoms with Gasteiger partial charge < -0.3 is 5.73 Å². The van der Waals surface area contributed by atoms with E-state index >= 15 is 0 Å². The molecule has 0 aliphatic carbocycles. The predicted molar refractivity (Wildman–Crippen MR) is 53.6 cm³/mol. The highest BCUT2D eigenvalue weighted by molar-refractivity contribution is 9.10. The average Bonchev–Trinajstić information content (AvgIpc) is 2.02. The molecule has 0 radical (unpaired) electrons. The Morgan fingerprint density at radius 1 is 1.46 bits per heavy atom. The fraction of sp³-hybridized carbons (Fsp3) is 0. The smallest absolute Gasteiger partial charge is 0.260 e. The third-order valence-electron chi connectivity index (χ3n) is 1.66. The summed E-state index contributed by atoms with van der Waals surface area (Å²) in [7, 11) is 0. The topological polar surface area (TPSA) is 60.4 Å². The third kappa shape index (κ3) is 1.31. The van der Waals surface area contributed by atoms with Gasteiger partial charge in [-0.3, -0.25) is 9.20 Å². The molecule has 0 aliphatic rings. The molecule has 4 nitrogen and oxygen atoms in total. The molecule has 0 aromatic carbocycles. The van der Waals surface area contributed by atoms with Gasteiger partial charge in [0, 0.05) is 6.07 Å². The highest BCUT2D eigenvalue weighted by atomic mass is 79.9. The van der Waals surface area contributed by atoms with Crippen LogP contribution in [0, 0.1) is 0 Å². The molecule has 0 bridgehead atoms. The van der Waals surface area contributed by atoms with Crippen molar-refractivity contribution in [3.63, 3.8) is 0 Å². The van der Waals surface area contributed by atoms with Crippen LogP contribution in [0.25, 0.3) is 5.65 Å². The molecule has 0 saturated heterocycles. The van der Waals surface area contributed by atoms with E-state index in [2.05, 4.69) is 20.9 Å². The number of rotatable bonds is 0. The van der Waals surface area contributed by atoms with Crippen LogP contribution in [-0.2, 0) is 0 Å². The predicted octanol–water partition coefficient (Wildman–Crippen LogP) is 1.04. The highest BCUT2D eigenvalue weighted by Crippen LogP contribution is 2.09. The maximum Gasteiger partial charge on any atom is 0.260 e. The molecule has 0 saturated carbocycles. The molecule has 5 heteroatoms. The molecular formula is C8H6BrN3O. The summed E-state index contributed by atoms with van der Waals surface area (Å²) in [5.41, 5.74) is 5.79. The Balaban J connectivity index is 3.03. The number of nitrogen functional groups attached to an aromatic ring is 1. The zero-order valence-corrected chi connectivity index (χ0v) is 8.15. The molecule has 2 N–H and O–H groups in total. The first-order valence-electron chi connectivity index (χ1n) is 3.62. The van der Waals surface area contributed by atoms with Gasteiger partial charge in [0.05, 0.1) is 4.60 Å². The van der Waals surface area contributed by atoms with Crippen molar-refractivity contribution >= 4 is 27.4 Å². The van der Waals surface area contributed by atoms with E-state index in [0.717, 1.165) is 0 Å². The standard InChI is InChI=1S/C8H6BrN3O/c9-5-2-1-3-7-11-6(10)4-8(13)12(5)7/h1-4H,10H2. The summed E-state index contributed by atoms with van der Waals surface area (Å²) in [5.74, 6) is 0.239. The number of aromatic nitrogens is 2. The van der Waals surface area contributed by atoms with Crippen molar-refractivity contribution in [2.24, 2.45) is 0 Å². The van der Waals surface area contributed by atoms with Crippen LogP contribution in [0.5, 0.6) is 0 Å². The SMILES string of the molecule is Nc1cc(=O)n2c(Br)cccc2n1. The van der Waals surface area contributed by atoms with Crippen molar-refractivity contribution in [1.82, 2.24) is 9.38 Å². The number of halogens is 1. The van der Waals surface area contributed by atoms with E-state index in [1.54, 1.807) is 18.2 Å². The van der Waals surface area contributed by atoms with Gasteiger partial charge in [0.2, 0.25) is 0 Å². The summed E-state index contributed by atoms with van der Waals surface area (Å²) in [6, 6.07) is 6.58. The van der Waals surface area contributed by atoms with Crippen molar-refractivity contribution in [2.75, 3.05) is 5.73 Å². The summed E-state index contributed by atoms with van der Waals surface area (Å²) in [4.78, 5) is 15.4. The molecule has 2 aromatic heterocycles. The number of hydrogen-bond donors (Lipinski definition) is 1. The summed E-state index contributed by atoms with van der Waals surface area (Å²) < 4.78 is 2.11. The Morgan fingerprint density at radius 3 is 3.00 bits per heavy atom. The van der Waals surface area contributed by atoms with Crippen molar-refractivity contribution in [1.29, 1.82) is 0 Å². The minimum atomic E-state index is -0.185. The Morgan fingerprint density at radius 2 is 2.23 bits per heavy atom. The van der Waals surface area contributed by atoms with E-state index in [0.29, 0.717) is 10.3 Å². The largest absolute Gasteiger partial charge is 0.383 e. The van der Waals surface area contributed by atoms with Crippen molar-refractivity contribution in [3.8, 4) is 0 Å².